The standard InChI is InChI=1S/C44H58N6O6/c1-9-27-48(50(43(45)53)31(4)34-17-13-12-14-18-34)30-39(51)47-38(28-33-22-24-37(25-23-33)56-44(6,7)8)41(52)49(32(5)42(54-10-2)55-11-3)29-36-20-15-19-35-21-16-26-46-40(35)36/h9,12-26,31-32,38,42H,1,10-11,27-30H2,2-8H3,(H2,45,53)(H,47,51)/t31-,32+,38+/m1/s1. The molecule has 4 amide bonds. The Morgan fingerprint density at radius 1 is 0.911 bits per heavy atom. The highest BCUT2D eigenvalue weighted by atomic mass is 16.7. The van der Waals surface area contributed by atoms with Crippen LogP contribution in [0.4, 0.5) is 4.79 Å². The molecule has 0 unspecified atom stereocenters. The van der Waals surface area contributed by atoms with Crippen molar-refractivity contribution in [3.05, 3.63) is 120 Å². The number of pyridine rings is 1. The minimum atomic E-state index is -1.04. The molecule has 0 aliphatic rings. The zero-order chi connectivity index (χ0) is 40.8. The first-order chi connectivity index (χ1) is 26.8. The molecule has 1 heterocycles. The summed E-state index contributed by atoms with van der Waals surface area (Å²) in [4.78, 5) is 48.6. The summed E-state index contributed by atoms with van der Waals surface area (Å²) >= 11 is 0. The Morgan fingerprint density at radius 2 is 1.57 bits per heavy atom. The number of carbonyl (C=O) groups is 3. The lowest BCUT2D eigenvalue weighted by molar-refractivity contribution is -0.179. The van der Waals surface area contributed by atoms with Gasteiger partial charge in [0.05, 0.1) is 24.1 Å². The third-order valence-corrected chi connectivity index (χ3v) is 9.15. The van der Waals surface area contributed by atoms with Gasteiger partial charge in [-0.2, -0.15) is 0 Å². The number of nitrogens with two attached hydrogens (primary N) is 1. The Balaban J connectivity index is 1.74. The maximum absolute atomic E-state index is 15.1. The highest BCUT2D eigenvalue weighted by molar-refractivity contribution is 5.89. The number of rotatable bonds is 20. The van der Waals surface area contributed by atoms with Crippen molar-refractivity contribution in [2.24, 2.45) is 5.73 Å². The van der Waals surface area contributed by atoms with Crippen LogP contribution in [0.2, 0.25) is 0 Å². The van der Waals surface area contributed by atoms with Gasteiger partial charge in [-0.3, -0.25) is 14.6 Å². The molecule has 4 rings (SSSR count). The minimum absolute atomic E-state index is 0.142. The number of para-hydroxylation sites is 1. The van der Waals surface area contributed by atoms with E-state index in [2.05, 4.69) is 16.9 Å². The van der Waals surface area contributed by atoms with Crippen LogP contribution in [0.3, 0.4) is 0 Å². The molecule has 0 fully saturated rings. The van der Waals surface area contributed by atoms with Crippen LogP contribution < -0.4 is 15.8 Å². The average Bonchev–Trinajstić information content (AvgIpc) is 3.16. The fourth-order valence-electron chi connectivity index (χ4n) is 6.62. The number of ether oxygens (including phenoxy) is 3. The molecule has 0 saturated carbocycles. The number of hydrogen-bond donors (Lipinski definition) is 2. The van der Waals surface area contributed by atoms with Crippen molar-refractivity contribution in [1.82, 2.24) is 25.2 Å². The number of carbonyl (C=O) groups excluding carboxylic acids is 3. The van der Waals surface area contributed by atoms with Crippen LogP contribution in [-0.4, -0.2) is 88.0 Å². The summed E-state index contributed by atoms with van der Waals surface area (Å²) in [5.41, 5.74) is 8.75. The molecule has 3 aromatic carbocycles. The fraction of sp³-hybridized carbons (Fsp3) is 0.409. The van der Waals surface area contributed by atoms with E-state index in [4.69, 9.17) is 19.9 Å². The van der Waals surface area contributed by atoms with E-state index in [-0.39, 0.29) is 32.0 Å². The first kappa shape index (κ1) is 43.4. The third-order valence-electron chi connectivity index (χ3n) is 9.15. The van der Waals surface area contributed by atoms with Gasteiger partial charge in [0.25, 0.3) is 0 Å². The van der Waals surface area contributed by atoms with Crippen molar-refractivity contribution in [2.75, 3.05) is 26.3 Å². The van der Waals surface area contributed by atoms with E-state index < -0.39 is 42.0 Å². The first-order valence-electron chi connectivity index (χ1n) is 19.2. The molecular weight excluding hydrogens is 709 g/mol. The van der Waals surface area contributed by atoms with Crippen LogP contribution in [0, 0.1) is 0 Å². The normalized spacial score (nSPS) is 13.2. The molecule has 0 aliphatic heterocycles. The average molecular weight is 767 g/mol. The number of nitrogens with one attached hydrogen (secondary N) is 1. The second-order valence-electron chi connectivity index (χ2n) is 14.6. The summed E-state index contributed by atoms with van der Waals surface area (Å²) in [6.07, 6.45) is 2.73. The maximum Gasteiger partial charge on any atom is 0.329 e. The fourth-order valence-corrected chi connectivity index (χ4v) is 6.62. The Morgan fingerprint density at radius 3 is 2.18 bits per heavy atom. The summed E-state index contributed by atoms with van der Waals surface area (Å²) < 4.78 is 18.1. The zero-order valence-corrected chi connectivity index (χ0v) is 33.8. The molecule has 3 atom stereocenters. The second-order valence-corrected chi connectivity index (χ2v) is 14.6. The molecule has 0 aliphatic carbocycles. The third kappa shape index (κ3) is 12.1. The SMILES string of the molecule is C=CCN(CC(=O)N[C@@H](Cc1ccc(OC(C)(C)C)cc1)C(=O)N(Cc1cccc2cccnc12)[C@@H](C)C(OCC)OCC)N(C(N)=O)[C@H](C)c1ccccc1. The van der Waals surface area contributed by atoms with Gasteiger partial charge in [0, 0.05) is 44.3 Å². The van der Waals surface area contributed by atoms with Crippen LogP contribution in [-0.2, 0) is 32.0 Å². The summed E-state index contributed by atoms with van der Waals surface area (Å²) in [6, 6.07) is 23.8. The molecule has 300 valence electrons. The van der Waals surface area contributed by atoms with E-state index in [1.165, 1.54) is 10.0 Å². The quantitative estimate of drug-likeness (QED) is 0.0569. The molecule has 56 heavy (non-hydrogen) atoms. The number of nitrogens with zero attached hydrogens (tertiary/aromatic N) is 4. The van der Waals surface area contributed by atoms with Crippen LogP contribution >= 0.6 is 0 Å². The van der Waals surface area contributed by atoms with Crippen LogP contribution in [0.15, 0.2) is 104 Å². The van der Waals surface area contributed by atoms with Gasteiger partial charge in [-0.25, -0.2) is 14.8 Å². The van der Waals surface area contributed by atoms with E-state index in [0.29, 0.717) is 19.0 Å². The van der Waals surface area contributed by atoms with Crippen molar-refractivity contribution in [3.8, 4) is 5.75 Å². The van der Waals surface area contributed by atoms with Gasteiger partial charge in [0.1, 0.15) is 17.4 Å². The molecule has 4 aromatic rings. The molecule has 1 aromatic heterocycles. The van der Waals surface area contributed by atoms with Crippen molar-refractivity contribution in [1.29, 1.82) is 0 Å². The number of hydrogen-bond acceptors (Lipinski definition) is 8. The molecule has 0 radical (unpaired) electrons. The number of amides is 4. The maximum atomic E-state index is 15.1. The van der Waals surface area contributed by atoms with E-state index in [1.54, 1.807) is 17.2 Å². The minimum Gasteiger partial charge on any atom is -0.488 e. The molecule has 3 N–H and O–H groups in total. The monoisotopic (exact) mass is 766 g/mol. The number of primary amides is 1. The summed E-state index contributed by atoms with van der Waals surface area (Å²) in [5, 5.41) is 6.84. The highest BCUT2D eigenvalue weighted by Crippen LogP contribution is 2.25. The van der Waals surface area contributed by atoms with E-state index in [9.17, 15) is 9.59 Å². The molecule has 12 nitrogen and oxygen atoms in total. The summed E-state index contributed by atoms with van der Waals surface area (Å²) in [5.74, 6) is -0.157. The van der Waals surface area contributed by atoms with Gasteiger partial charge in [0.15, 0.2) is 6.29 Å². The Hall–Kier alpha value is -5.30. The van der Waals surface area contributed by atoms with Crippen molar-refractivity contribution in [3.63, 3.8) is 0 Å². The number of benzene rings is 3. The topological polar surface area (TPSA) is 140 Å². The van der Waals surface area contributed by atoms with Gasteiger partial charge < -0.3 is 30.2 Å². The zero-order valence-electron chi connectivity index (χ0n) is 33.8. The summed E-state index contributed by atoms with van der Waals surface area (Å²) in [6.45, 7) is 18.0. The molecule has 12 heteroatoms. The van der Waals surface area contributed by atoms with E-state index in [1.807, 2.05) is 133 Å². The number of aromatic nitrogens is 1. The second kappa shape index (κ2) is 20.6. The largest absolute Gasteiger partial charge is 0.488 e. The van der Waals surface area contributed by atoms with Crippen molar-refractivity contribution in [2.45, 2.75) is 91.4 Å². The lowest BCUT2D eigenvalue weighted by atomic mass is 10.0. The van der Waals surface area contributed by atoms with Gasteiger partial charge in [-0.1, -0.05) is 72.8 Å². The van der Waals surface area contributed by atoms with E-state index in [0.717, 1.165) is 27.6 Å². The number of fused-ring (bicyclic) bond motifs is 1. The molecular formula is C44H58N6O6. The molecule has 0 spiro atoms. The lowest BCUT2D eigenvalue weighted by Crippen LogP contribution is -2.58. The lowest BCUT2D eigenvalue weighted by Gasteiger charge is -2.38. The van der Waals surface area contributed by atoms with Crippen LogP contribution in [0.1, 0.15) is 71.2 Å². The summed E-state index contributed by atoms with van der Waals surface area (Å²) in [7, 11) is 0. The molecule has 0 saturated heterocycles. The number of hydrazine groups is 1. The Labute approximate surface area is 331 Å². The predicted molar refractivity (Wildman–Crippen MR) is 219 cm³/mol. The van der Waals surface area contributed by atoms with Crippen molar-refractivity contribution >= 4 is 28.7 Å². The van der Waals surface area contributed by atoms with Crippen molar-refractivity contribution < 1.29 is 28.6 Å². The molecule has 0 bridgehead atoms. The van der Waals surface area contributed by atoms with Crippen LogP contribution in [0.5, 0.6) is 5.75 Å². The van der Waals surface area contributed by atoms with E-state index >= 15 is 4.79 Å². The van der Waals surface area contributed by atoms with Crippen LogP contribution in [0.25, 0.3) is 10.9 Å². The first-order valence-corrected chi connectivity index (χ1v) is 19.2. The van der Waals surface area contributed by atoms with Gasteiger partial charge in [-0.15, -0.1) is 6.58 Å². The van der Waals surface area contributed by atoms with Gasteiger partial charge >= 0.3 is 6.03 Å². The Bertz CT molecular complexity index is 1870. The number of urea groups is 1. The van der Waals surface area contributed by atoms with Gasteiger partial charge in [0.2, 0.25) is 11.8 Å². The smallest absolute Gasteiger partial charge is 0.329 e. The highest BCUT2D eigenvalue weighted by Gasteiger charge is 2.35. The predicted octanol–water partition coefficient (Wildman–Crippen LogP) is 6.80. The Kier molecular flexibility index (Phi) is 16.0. The van der Waals surface area contributed by atoms with Gasteiger partial charge in [-0.05, 0) is 83.4 Å².